The minimum atomic E-state index is -5.86. The van der Waals surface area contributed by atoms with Gasteiger partial charge in [0.05, 0.1) is 16.8 Å². The standard InChI is InChI=1S/C13H5ClF9N/c14-6-3-1-5(2-4-6)9-7(11(15,16)17)8(12(18,19)20)10(24-9)13(21,22)23/h1-4,24H. The number of hydrogen-bond donors (Lipinski definition) is 1. The Balaban J connectivity index is 2.90. The van der Waals surface area contributed by atoms with Crippen LogP contribution in [0, 0.1) is 0 Å². The Kier molecular flexibility index (Phi) is 4.32. The molecule has 0 aliphatic heterocycles. The van der Waals surface area contributed by atoms with Gasteiger partial charge in [0.25, 0.3) is 0 Å². The van der Waals surface area contributed by atoms with Crippen molar-refractivity contribution in [2.24, 2.45) is 0 Å². The minimum absolute atomic E-state index is 0.0472. The van der Waals surface area contributed by atoms with Gasteiger partial charge < -0.3 is 4.98 Å². The first kappa shape index (κ1) is 18.5. The fourth-order valence-corrected chi connectivity index (χ4v) is 2.24. The van der Waals surface area contributed by atoms with Crippen molar-refractivity contribution in [1.82, 2.24) is 4.98 Å². The van der Waals surface area contributed by atoms with E-state index in [9.17, 15) is 39.5 Å². The van der Waals surface area contributed by atoms with Crippen molar-refractivity contribution in [3.63, 3.8) is 0 Å². The van der Waals surface area contributed by atoms with Crippen LogP contribution in [-0.4, -0.2) is 4.98 Å². The summed E-state index contributed by atoms with van der Waals surface area (Å²) in [5, 5.41) is 0.0472. The summed E-state index contributed by atoms with van der Waals surface area (Å²) in [6.45, 7) is 0. The molecule has 24 heavy (non-hydrogen) atoms. The number of H-pyrrole nitrogens is 1. The maximum Gasteiger partial charge on any atom is 0.431 e. The molecule has 0 aliphatic rings. The van der Waals surface area contributed by atoms with Gasteiger partial charge in [-0.15, -0.1) is 0 Å². The quantitative estimate of drug-likeness (QED) is 0.551. The normalized spacial score (nSPS) is 13.4. The highest BCUT2D eigenvalue weighted by atomic mass is 35.5. The van der Waals surface area contributed by atoms with E-state index >= 15 is 0 Å². The van der Waals surface area contributed by atoms with E-state index in [0.717, 1.165) is 24.3 Å². The number of alkyl halides is 9. The molecule has 0 amide bonds. The van der Waals surface area contributed by atoms with Crippen LogP contribution in [0.15, 0.2) is 24.3 Å². The highest BCUT2D eigenvalue weighted by molar-refractivity contribution is 6.30. The van der Waals surface area contributed by atoms with E-state index in [1.54, 1.807) is 0 Å². The average Bonchev–Trinajstić information content (AvgIpc) is 2.79. The largest absolute Gasteiger partial charge is 0.431 e. The molecular formula is C13H5ClF9N. The molecule has 1 nitrogen and oxygen atoms in total. The molecule has 2 rings (SSSR count). The van der Waals surface area contributed by atoms with Gasteiger partial charge in [-0.2, -0.15) is 39.5 Å². The van der Waals surface area contributed by atoms with E-state index in [1.165, 1.54) is 4.98 Å². The lowest BCUT2D eigenvalue weighted by Gasteiger charge is -2.15. The lowest BCUT2D eigenvalue weighted by atomic mass is 10.0. The summed E-state index contributed by atoms with van der Waals surface area (Å²) in [6.07, 6.45) is -17.2. The third kappa shape index (κ3) is 3.47. The molecule has 1 aromatic heterocycles. The topological polar surface area (TPSA) is 15.8 Å². The first-order valence-corrected chi connectivity index (χ1v) is 6.34. The fraction of sp³-hybridized carbons (Fsp3) is 0.231. The molecule has 0 bridgehead atoms. The summed E-state index contributed by atoms with van der Waals surface area (Å²) in [4.78, 5) is 1.23. The Hall–Kier alpha value is -1.84. The van der Waals surface area contributed by atoms with Crippen molar-refractivity contribution in [2.75, 3.05) is 0 Å². The smallest absolute Gasteiger partial charge is 0.350 e. The zero-order valence-corrected chi connectivity index (χ0v) is 11.8. The lowest BCUT2D eigenvalue weighted by Crippen LogP contribution is -2.20. The van der Waals surface area contributed by atoms with E-state index in [-0.39, 0.29) is 5.02 Å². The van der Waals surface area contributed by atoms with Crippen LogP contribution in [0.5, 0.6) is 0 Å². The molecule has 132 valence electrons. The summed E-state index contributed by atoms with van der Waals surface area (Å²) in [7, 11) is 0. The number of aromatic nitrogens is 1. The summed E-state index contributed by atoms with van der Waals surface area (Å²) < 4.78 is 117. The number of aromatic amines is 1. The van der Waals surface area contributed by atoms with E-state index in [1.807, 2.05) is 0 Å². The second kappa shape index (κ2) is 5.61. The van der Waals surface area contributed by atoms with Gasteiger partial charge in [0.15, 0.2) is 0 Å². The molecule has 11 heteroatoms. The summed E-state index contributed by atoms with van der Waals surface area (Å²) in [5.41, 5.74) is -9.59. The predicted octanol–water partition coefficient (Wildman–Crippen LogP) is 6.39. The molecule has 0 atom stereocenters. The molecule has 1 N–H and O–H groups in total. The molecule has 0 radical (unpaired) electrons. The molecular weight excluding hydrogens is 377 g/mol. The van der Waals surface area contributed by atoms with Gasteiger partial charge in [0.1, 0.15) is 5.69 Å². The Morgan fingerprint density at radius 1 is 0.667 bits per heavy atom. The van der Waals surface area contributed by atoms with Crippen LogP contribution < -0.4 is 0 Å². The van der Waals surface area contributed by atoms with E-state index in [4.69, 9.17) is 11.6 Å². The second-order valence-electron chi connectivity index (χ2n) is 4.63. The molecule has 0 saturated heterocycles. The molecule has 2 aromatic rings. The first-order valence-electron chi connectivity index (χ1n) is 5.96. The van der Waals surface area contributed by atoms with Gasteiger partial charge in [-0.25, -0.2) is 0 Å². The Labute approximate surface area is 133 Å². The van der Waals surface area contributed by atoms with Gasteiger partial charge in [-0.3, -0.25) is 0 Å². The number of hydrogen-bond acceptors (Lipinski definition) is 0. The summed E-state index contributed by atoms with van der Waals surface area (Å²) in [5.74, 6) is 0. The number of halogens is 10. The van der Waals surface area contributed by atoms with Crippen LogP contribution in [0.4, 0.5) is 39.5 Å². The van der Waals surface area contributed by atoms with Crippen molar-refractivity contribution in [1.29, 1.82) is 0 Å². The average molecular weight is 382 g/mol. The van der Waals surface area contributed by atoms with Crippen molar-refractivity contribution >= 4 is 11.6 Å². The minimum Gasteiger partial charge on any atom is -0.350 e. The van der Waals surface area contributed by atoms with Crippen molar-refractivity contribution in [3.8, 4) is 11.3 Å². The third-order valence-corrected chi connectivity index (χ3v) is 3.24. The fourth-order valence-electron chi connectivity index (χ4n) is 2.11. The van der Waals surface area contributed by atoms with Crippen molar-refractivity contribution in [3.05, 3.63) is 46.1 Å². The SMILES string of the molecule is FC(F)(F)c1[nH]c(-c2ccc(Cl)cc2)c(C(F)(F)F)c1C(F)(F)F. The maximum absolute atomic E-state index is 13.1. The molecule has 1 aromatic carbocycles. The molecule has 1 heterocycles. The first-order chi connectivity index (χ1) is 10.7. The number of benzene rings is 1. The highest BCUT2D eigenvalue weighted by Crippen LogP contribution is 2.50. The lowest BCUT2D eigenvalue weighted by molar-refractivity contribution is -0.173. The predicted molar refractivity (Wildman–Crippen MR) is 66.2 cm³/mol. The highest BCUT2D eigenvalue weighted by Gasteiger charge is 2.53. The van der Waals surface area contributed by atoms with Crippen LogP contribution in [0.25, 0.3) is 11.3 Å². The molecule has 0 spiro atoms. The van der Waals surface area contributed by atoms with E-state index in [0.29, 0.717) is 0 Å². The monoisotopic (exact) mass is 381 g/mol. The van der Waals surface area contributed by atoms with Crippen LogP contribution in [-0.2, 0) is 18.5 Å². The van der Waals surface area contributed by atoms with Crippen LogP contribution in [0.1, 0.15) is 16.8 Å². The van der Waals surface area contributed by atoms with Gasteiger partial charge in [0.2, 0.25) is 0 Å². The third-order valence-electron chi connectivity index (χ3n) is 2.98. The van der Waals surface area contributed by atoms with E-state index in [2.05, 4.69) is 0 Å². The summed E-state index contributed by atoms with van der Waals surface area (Å²) >= 11 is 5.52. The molecule has 0 unspecified atom stereocenters. The second-order valence-corrected chi connectivity index (χ2v) is 5.06. The van der Waals surface area contributed by atoms with Crippen molar-refractivity contribution < 1.29 is 39.5 Å². The zero-order chi connectivity index (χ0) is 18.5. The van der Waals surface area contributed by atoms with E-state index < -0.39 is 46.6 Å². The maximum atomic E-state index is 13.1. The van der Waals surface area contributed by atoms with Gasteiger partial charge >= 0.3 is 18.5 Å². The van der Waals surface area contributed by atoms with Crippen LogP contribution in [0.2, 0.25) is 5.02 Å². The Bertz CT molecular complexity index is 735. The molecule has 0 fully saturated rings. The molecule has 0 aliphatic carbocycles. The van der Waals surface area contributed by atoms with Gasteiger partial charge in [0, 0.05) is 5.02 Å². The number of nitrogens with one attached hydrogen (secondary N) is 1. The zero-order valence-electron chi connectivity index (χ0n) is 11.1. The summed E-state index contributed by atoms with van der Waals surface area (Å²) in [6, 6.07) is 3.84. The van der Waals surface area contributed by atoms with Crippen LogP contribution >= 0.6 is 11.6 Å². The number of rotatable bonds is 1. The van der Waals surface area contributed by atoms with Crippen LogP contribution in [0.3, 0.4) is 0 Å². The van der Waals surface area contributed by atoms with Crippen molar-refractivity contribution in [2.45, 2.75) is 18.5 Å². The molecule has 0 saturated carbocycles. The Morgan fingerprint density at radius 3 is 1.50 bits per heavy atom. The Morgan fingerprint density at radius 2 is 1.12 bits per heavy atom. The van der Waals surface area contributed by atoms with Gasteiger partial charge in [-0.1, -0.05) is 23.7 Å². The van der Waals surface area contributed by atoms with Gasteiger partial charge in [-0.05, 0) is 17.7 Å².